The summed E-state index contributed by atoms with van der Waals surface area (Å²) in [6.45, 7) is 4.09. The number of aliphatic hydroxyl groups is 1. The number of carbonyl (C=O) groups is 1. The van der Waals surface area contributed by atoms with E-state index in [0.717, 1.165) is 17.7 Å². The third-order valence-corrected chi connectivity index (χ3v) is 5.40. The minimum Gasteiger partial charge on any atom is -0.389 e. The van der Waals surface area contributed by atoms with Gasteiger partial charge in [-0.3, -0.25) is 4.79 Å². The predicted molar refractivity (Wildman–Crippen MR) is 140 cm³/mol. The first-order valence-electron chi connectivity index (χ1n) is 11.8. The first-order valence-corrected chi connectivity index (χ1v) is 12.2. The lowest BCUT2D eigenvalue weighted by Crippen LogP contribution is -2.34. The van der Waals surface area contributed by atoms with Gasteiger partial charge in [0.25, 0.3) is 0 Å². The van der Waals surface area contributed by atoms with Gasteiger partial charge in [0.05, 0.1) is 11.7 Å². The summed E-state index contributed by atoms with van der Waals surface area (Å²) in [5.74, 6) is -0.656. The van der Waals surface area contributed by atoms with Gasteiger partial charge >= 0.3 is 6.18 Å². The summed E-state index contributed by atoms with van der Waals surface area (Å²) in [6, 6.07) is 12.0. The summed E-state index contributed by atoms with van der Waals surface area (Å²) < 4.78 is 53.5. The monoisotopic (exact) mass is 541 g/mol. The van der Waals surface area contributed by atoms with Crippen molar-refractivity contribution in [3.05, 3.63) is 76.6 Å². The number of benzene rings is 2. The Hall–Kier alpha value is -2.88. The highest BCUT2D eigenvalue weighted by Gasteiger charge is 2.31. The van der Waals surface area contributed by atoms with Crippen molar-refractivity contribution in [1.82, 2.24) is 10.6 Å². The smallest absolute Gasteiger partial charge is 0.389 e. The van der Waals surface area contributed by atoms with Gasteiger partial charge in [-0.15, -0.1) is 0 Å². The number of hydrogen-bond donors (Lipinski definition) is 4. The number of rotatable bonds is 13. The Morgan fingerprint density at radius 1 is 1.11 bits per heavy atom. The first kappa shape index (κ1) is 30.3. The minimum atomic E-state index is -4.43. The van der Waals surface area contributed by atoms with Crippen LogP contribution in [0.5, 0.6) is 0 Å². The summed E-state index contributed by atoms with van der Waals surface area (Å²) >= 11 is 5.58. The van der Waals surface area contributed by atoms with Crippen LogP contribution in [-0.4, -0.2) is 42.9 Å². The Labute approximate surface area is 219 Å². The van der Waals surface area contributed by atoms with Crippen LogP contribution in [-0.2, 0) is 11.3 Å². The number of allylic oxidation sites excluding steroid dienone is 4. The van der Waals surface area contributed by atoms with Gasteiger partial charge in [-0.1, -0.05) is 41.9 Å². The molecule has 0 saturated heterocycles. The molecule has 0 bridgehead atoms. The summed E-state index contributed by atoms with van der Waals surface area (Å²) in [7, 11) is 0. The van der Waals surface area contributed by atoms with Crippen LogP contribution in [0.3, 0.4) is 0 Å². The first-order chi connectivity index (χ1) is 17.5. The van der Waals surface area contributed by atoms with Crippen LogP contribution in [0.4, 0.5) is 23.2 Å². The Balaban J connectivity index is 1.83. The fourth-order valence-corrected chi connectivity index (χ4v) is 3.54. The van der Waals surface area contributed by atoms with Crippen LogP contribution in [0.25, 0.3) is 11.1 Å². The van der Waals surface area contributed by atoms with Crippen LogP contribution in [0.15, 0.2) is 65.2 Å². The summed E-state index contributed by atoms with van der Waals surface area (Å²) in [5, 5.41) is 18.6. The van der Waals surface area contributed by atoms with E-state index in [9.17, 15) is 27.5 Å². The van der Waals surface area contributed by atoms with Gasteiger partial charge in [0, 0.05) is 42.8 Å². The van der Waals surface area contributed by atoms with Crippen molar-refractivity contribution in [3.63, 3.8) is 0 Å². The second-order valence-electron chi connectivity index (χ2n) is 8.57. The molecule has 0 spiro atoms. The average Bonchev–Trinajstić information content (AvgIpc) is 2.82. The molecular weight excluding hydrogens is 510 g/mol. The standard InChI is InChI=1S/C27H32ClF4N3O2/c1-18(28)13-22(27(30,31)32)5-3-4-12-33-15-20-6-8-21(9-7-20)25-11-10-23(14-26(25)29)35-17-24(37)16-34-19(2)36/h5-11,13-14,24,33,35,37H,3-4,12,15-17H2,1-2H3,(H,34,36)/b18-13+,22-5?/t24-/m0/s1. The minimum absolute atomic E-state index is 0.0766. The van der Waals surface area contributed by atoms with Crippen molar-refractivity contribution in [1.29, 1.82) is 0 Å². The maximum absolute atomic E-state index is 14.7. The number of alkyl halides is 3. The van der Waals surface area contributed by atoms with Crippen LogP contribution < -0.4 is 16.0 Å². The number of unbranched alkanes of at least 4 members (excludes halogenated alkanes) is 1. The van der Waals surface area contributed by atoms with Crippen molar-refractivity contribution in [2.24, 2.45) is 0 Å². The second kappa shape index (κ2) is 14.8. The molecule has 0 aliphatic rings. The summed E-state index contributed by atoms with van der Waals surface area (Å²) in [5.41, 5.74) is 1.85. The molecule has 2 aromatic carbocycles. The highest BCUT2D eigenvalue weighted by atomic mass is 35.5. The third-order valence-electron chi connectivity index (χ3n) is 5.30. The highest BCUT2D eigenvalue weighted by Crippen LogP contribution is 2.29. The number of nitrogens with one attached hydrogen (secondary N) is 3. The van der Waals surface area contributed by atoms with Crippen molar-refractivity contribution in [3.8, 4) is 11.1 Å². The number of anilines is 1. The Morgan fingerprint density at radius 3 is 2.41 bits per heavy atom. The van der Waals surface area contributed by atoms with Crippen molar-refractivity contribution in [2.45, 2.75) is 45.5 Å². The lowest BCUT2D eigenvalue weighted by atomic mass is 10.0. The SMILES string of the molecule is CC(=O)NC[C@H](O)CNc1ccc(-c2ccc(CNCCCC=C(/C=C(\C)Cl)C(F)(F)F)cc2)c(F)c1. The van der Waals surface area contributed by atoms with E-state index < -0.39 is 23.7 Å². The van der Waals surface area contributed by atoms with E-state index in [-0.39, 0.29) is 30.4 Å². The third kappa shape index (κ3) is 11.4. The number of amides is 1. The van der Waals surface area contributed by atoms with Gasteiger partial charge in [0.1, 0.15) is 5.82 Å². The molecule has 1 amide bonds. The number of carbonyl (C=O) groups excluding carboxylic acids is 1. The summed E-state index contributed by atoms with van der Waals surface area (Å²) in [6.07, 6.45) is -2.38. The maximum atomic E-state index is 14.7. The molecule has 1 atom stereocenters. The topological polar surface area (TPSA) is 73.4 Å². The number of halogens is 5. The Kier molecular flexibility index (Phi) is 12.1. The van der Waals surface area contributed by atoms with E-state index in [1.165, 1.54) is 19.9 Å². The molecule has 0 fully saturated rings. The molecule has 4 N–H and O–H groups in total. The number of aliphatic hydroxyl groups excluding tert-OH is 1. The fourth-order valence-electron chi connectivity index (χ4n) is 3.42. The molecule has 37 heavy (non-hydrogen) atoms. The molecule has 0 aromatic heterocycles. The lowest BCUT2D eigenvalue weighted by Gasteiger charge is -2.14. The zero-order valence-corrected chi connectivity index (χ0v) is 21.5. The van der Waals surface area contributed by atoms with Gasteiger partial charge in [0.2, 0.25) is 5.91 Å². The molecule has 202 valence electrons. The molecule has 0 radical (unpaired) electrons. The molecule has 0 aliphatic carbocycles. The molecule has 5 nitrogen and oxygen atoms in total. The van der Waals surface area contributed by atoms with Crippen molar-refractivity contribution < 1.29 is 27.5 Å². The highest BCUT2D eigenvalue weighted by molar-refractivity contribution is 6.29. The lowest BCUT2D eigenvalue weighted by molar-refractivity contribution is -0.119. The molecule has 0 aliphatic heterocycles. The van der Waals surface area contributed by atoms with E-state index in [1.807, 2.05) is 12.1 Å². The van der Waals surface area contributed by atoms with E-state index in [2.05, 4.69) is 16.0 Å². The van der Waals surface area contributed by atoms with E-state index in [1.54, 1.807) is 24.3 Å². The summed E-state index contributed by atoms with van der Waals surface area (Å²) in [4.78, 5) is 10.9. The van der Waals surface area contributed by atoms with Gasteiger partial charge < -0.3 is 21.1 Å². The van der Waals surface area contributed by atoms with Gasteiger partial charge in [0.15, 0.2) is 0 Å². The molecule has 0 saturated carbocycles. The fraction of sp³-hybridized carbons (Fsp3) is 0.370. The zero-order chi connectivity index (χ0) is 27.4. The van der Waals surface area contributed by atoms with Crippen LogP contribution in [0, 0.1) is 5.82 Å². The Bertz CT molecular complexity index is 1080. The van der Waals surface area contributed by atoms with Gasteiger partial charge in [-0.25, -0.2) is 4.39 Å². The molecular formula is C27H32ClF4N3O2. The van der Waals surface area contributed by atoms with Crippen LogP contribution >= 0.6 is 11.6 Å². The normalized spacial score (nSPS) is 13.4. The van der Waals surface area contributed by atoms with Crippen LogP contribution in [0.2, 0.25) is 0 Å². The molecule has 0 heterocycles. The molecule has 0 unspecified atom stereocenters. The molecule has 2 rings (SSSR count). The molecule has 2 aromatic rings. The largest absolute Gasteiger partial charge is 0.416 e. The zero-order valence-electron chi connectivity index (χ0n) is 20.8. The Morgan fingerprint density at radius 2 is 1.81 bits per heavy atom. The van der Waals surface area contributed by atoms with Crippen molar-refractivity contribution >= 4 is 23.2 Å². The average molecular weight is 542 g/mol. The second-order valence-corrected chi connectivity index (χ2v) is 9.17. The quantitative estimate of drug-likeness (QED) is 0.145. The predicted octanol–water partition coefficient (Wildman–Crippen LogP) is 5.90. The van der Waals surface area contributed by atoms with Crippen LogP contribution in [0.1, 0.15) is 32.3 Å². The molecule has 10 heteroatoms. The van der Waals surface area contributed by atoms with E-state index in [4.69, 9.17) is 11.6 Å². The van der Waals surface area contributed by atoms with E-state index in [0.29, 0.717) is 36.3 Å². The van der Waals surface area contributed by atoms with E-state index >= 15 is 0 Å². The van der Waals surface area contributed by atoms with Gasteiger partial charge in [-0.2, -0.15) is 13.2 Å². The maximum Gasteiger partial charge on any atom is 0.416 e. The van der Waals surface area contributed by atoms with Gasteiger partial charge in [-0.05, 0) is 61.7 Å². The number of hydrogen-bond acceptors (Lipinski definition) is 4. The van der Waals surface area contributed by atoms with Crippen molar-refractivity contribution in [2.75, 3.05) is 25.0 Å².